The maximum absolute atomic E-state index is 6.00. The smallest absolute Gasteiger partial charge is 0.0576 e. The number of methoxy groups -OCH3 is 1. The molecule has 90 valence electrons. The van der Waals surface area contributed by atoms with Crippen LogP contribution < -0.4 is 5.73 Å². The lowest BCUT2D eigenvalue weighted by atomic mass is 10.0. The van der Waals surface area contributed by atoms with Gasteiger partial charge in [0, 0.05) is 26.4 Å². The number of ether oxygens (including phenoxy) is 2. The molecular formula is C12H25NO2. The molecule has 3 nitrogen and oxygen atoms in total. The van der Waals surface area contributed by atoms with E-state index in [0.29, 0.717) is 12.1 Å². The molecule has 2 N–H and O–H groups in total. The van der Waals surface area contributed by atoms with Crippen molar-refractivity contribution >= 4 is 0 Å². The summed E-state index contributed by atoms with van der Waals surface area (Å²) in [6.45, 7) is 1.80. The van der Waals surface area contributed by atoms with Gasteiger partial charge in [-0.05, 0) is 44.9 Å². The molecule has 0 aromatic heterocycles. The summed E-state index contributed by atoms with van der Waals surface area (Å²) >= 11 is 0. The first kappa shape index (κ1) is 12.9. The number of hydrogen-bond acceptors (Lipinski definition) is 3. The third-order valence-electron chi connectivity index (χ3n) is 3.05. The molecule has 15 heavy (non-hydrogen) atoms. The Morgan fingerprint density at radius 3 is 2.87 bits per heavy atom. The van der Waals surface area contributed by atoms with Crippen LogP contribution in [-0.4, -0.2) is 32.5 Å². The first-order valence-corrected chi connectivity index (χ1v) is 6.19. The van der Waals surface area contributed by atoms with E-state index in [9.17, 15) is 0 Å². The van der Waals surface area contributed by atoms with Crippen LogP contribution in [0.1, 0.15) is 44.9 Å². The fourth-order valence-corrected chi connectivity index (χ4v) is 2.11. The van der Waals surface area contributed by atoms with E-state index in [1.54, 1.807) is 7.11 Å². The summed E-state index contributed by atoms with van der Waals surface area (Å²) in [6, 6.07) is 0.349. The van der Waals surface area contributed by atoms with Gasteiger partial charge in [0.25, 0.3) is 0 Å². The van der Waals surface area contributed by atoms with Crippen molar-refractivity contribution in [3.05, 3.63) is 0 Å². The average molecular weight is 215 g/mol. The van der Waals surface area contributed by atoms with Crippen molar-refractivity contribution in [2.24, 2.45) is 5.73 Å². The zero-order valence-electron chi connectivity index (χ0n) is 9.91. The van der Waals surface area contributed by atoms with Gasteiger partial charge in [0.1, 0.15) is 0 Å². The van der Waals surface area contributed by atoms with Crippen molar-refractivity contribution in [2.45, 2.75) is 57.1 Å². The monoisotopic (exact) mass is 215 g/mol. The molecule has 1 rings (SSSR count). The molecule has 0 spiro atoms. The van der Waals surface area contributed by atoms with E-state index in [1.165, 1.54) is 25.7 Å². The Hall–Kier alpha value is -0.120. The zero-order chi connectivity index (χ0) is 10.9. The summed E-state index contributed by atoms with van der Waals surface area (Å²) in [5, 5.41) is 0. The van der Waals surface area contributed by atoms with Crippen LogP contribution in [0.3, 0.4) is 0 Å². The molecule has 0 bridgehead atoms. The standard InChI is InChI=1S/C12H25NO2/c1-14-9-3-6-11(13)5-2-7-12-8-4-10-15-12/h11-12H,2-10,13H2,1H3. The van der Waals surface area contributed by atoms with Gasteiger partial charge in [0.2, 0.25) is 0 Å². The van der Waals surface area contributed by atoms with Gasteiger partial charge >= 0.3 is 0 Å². The predicted octanol–water partition coefficient (Wildman–Crippen LogP) is 2.09. The Labute approximate surface area is 93.3 Å². The molecule has 3 heteroatoms. The minimum Gasteiger partial charge on any atom is -0.385 e. The van der Waals surface area contributed by atoms with Crippen molar-refractivity contribution < 1.29 is 9.47 Å². The van der Waals surface area contributed by atoms with Crippen LogP contribution in [0.2, 0.25) is 0 Å². The second-order valence-electron chi connectivity index (χ2n) is 4.46. The highest BCUT2D eigenvalue weighted by molar-refractivity contribution is 4.67. The van der Waals surface area contributed by atoms with Crippen molar-refractivity contribution in [1.29, 1.82) is 0 Å². The lowest BCUT2D eigenvalue weighted by Gasteiger charge is -2.13. The van der Waals surface area contributed by atoms with Gasteiger partial charge < -0.3 is 15.2 Å². The van der Waals surface area contributed by atoms with Crippen LogP contribution in [0.15, 0.2) is 0 Å². The van der Waals surface area contributed by atoms with Crippen LogP contribution >= 0.6 is 0 Å². The Balaban J connectivity index is 1.89. The molecule has 0 radical (unpaired) electrons. The maximum Gasteiger partial charge on any atom is 0.0576 e. The van der Waals surface area contributed by atoms with Crippen LogP contribution in [0, 0.1) is 0 Å². The minimum atomic E-state index is 0.349. The van der Waals surface area contributed by atoms with E-state index in [1.807, 2.05) is 0 Å². The van der Waals surface area contributed by atoms with Crippen LogP contribution in [-0.2, 0) is 9.47 Å². The van der Waals surface area contributed by atoms with E-state index < -0.39 is 0 Å². The van der Waals surface area contributed by atoms with Gasteiger partial charge in [-0.15, -0.1) is 0 Å². The molecule has 0 amide bonds. The molecule has 2 unspecified atom stereocenters. The Bertz CT molecular complexity index is 147. The van der Waals surface area contributed by atoms with Crippen molar-refractivity contribution in [3.63, 3.8) is 0 Å². The van der Waals surface area contributed by atoms with E-state index in [0.717, 1.165) is 32.5 Å². The maximum atomic E-state index is 6.00. The highest BCUT2D eigenvalue weighted by atomic mass is 16.5. The van der Waals surface area contributed by atoms with Crippen molar-refractivity contribution in [3.8, 4) is 0 Å². The SMILES string of the molecule is COCCCC(N)CCCC1CCCO1. The fraction of sp³-hybridized carbons (Fsp3) is 1.00. The molecule has 1 saturated heterocycles. The second-order valence-corrected chi connectivity index (χ2v) is 4.46. The lowest BCUT2D eigenvalue weighted by Crippen LogP contribution is -2.20. The number of nitrogens with two attached hydrogens (primary N) is 1. The molecule has 0 aromatic rings. The van der Waals surface area contributed by atoms with Gasteiger partial charge in [0.05, 0.1) is 6.10 Å². The first-order chi connectivity index (χ1) is 7.33. The summed E-state index contributed by atoms with van der Waals surface area (Å²) in [5.74, 6) is 0. The highest BCUT2D eigenvalue weighted by Gasteiger charge is 2.15. The van der Waals surface area contributed by atoms with Crippen LogP contribution in [0.5, 0.6) is 0 Å². The average Bonchev–Trinajstić information content (AvgIpc) is 2.71. The van der Waals surface area contributed by atoms with E-state index in [4.69, 9.17) is 15.2 Å². The normalized spacial score (nSPS) is 23.2. The van der Waals surface area contributed by atoms with Crippen LogP contribution in [0.4, 0.5) is 0 Å². The third-order valence-corrected chi connectivity index (χ3v) is 3.05. The molecule has 0 aliphatic carbocycles. The first-order valence-electron chi connectivity index (χ1n) is 6.19. The van der Waals surface area contributed by atoms with E-state index >= 15 is 0 Å². The molecule has 0 saturated carbocycles. The van der Waals surface area contributed by atoms with Gasteiger partial charge in [-0.25, -0.2) is 0 Å². The molecule has 1 aliphatic heterocycles. The molecule has 1 heterocycles. The zero-order valence-corrected chi connectivity index (χ0v) is 9.91. The summed E-state index contributed by atoms with van der Waals surface area (Å²) < 4.78 is 10.6. The third kappa shape index (κ3) is 6.13. The Morgan fingerprint density at radius 2 is 2.20 bits per heavy atom. The van der Waals surface area contributed by atoms with E-state index in [-0.39, 0.29) is 0 Å². The molecule has 2 atom stereocenters. The van der Waals surface area contributed by atoms with Gasteiger partial charge in [0.15, 0.2) is 0 Å². The molecule has 0 aromatic carbocycles. The van der Waals surface area contributed by atoms with Gasteiger partial charge in [-0.1, -0.05) is 0 Å². The van der Waals surface area contributed by atoms with Crippen LogP contribution in [0.25, 0.3) is 0 Å². The number of rotatable bonds is 8. The Kier molecular flexibility index (Phi) is 6.98. The van der Waals surface area contributed by atoms with Gasteiger partial charge in [-0.2, -0.15) is 0 Å². The van der Waals surface area contributed by atoms with Crippen molar-refractivity contribution in [2.75, 3.05) is 20.3 Å². The highest BCUT2D eigenvalue weighted by Crippen LogP contribution is 2.18. The summed E-state index contributed by atoms with van der Waals surface area (Å²) in [7, 11) is 1.74. The molecule has 1 aliphatic rings. The summed E-state index contributed by atoms with van der Waals surface area (Å²) in [6.07, 6.45) is 8.71. The largest absolute Gasteiger partial charge is 0.385 e. The van der Waals surface area contributed by atoms with E-state index in [2.05, 4.69) is 0 Å². The predicted molar refractivity (Wildman–Crippen MR) is 61.9 cm³/mol. The fourth-order valence-electron chi connectivity index (χ4n) is 2.11. The topological polar surface area (TPSA) is 44.5 Å². The molecular weight excluding hydrogens is 190 g/mol. The Morgan fingerprint density at radius 1 is 1.40 bits per heavy atom. The quantitative estimate of drug-likeness (QED) is 0.631. The van der Waals surface area contributed by atoms with Gasteiger partial charge in [-0.3, -0.25) is 0 Å². The number of hydrogen-bond donors (Lipinski definition) is 1. The summed E-state index contributed by atoms with van der Waals surface area (Å²) in [5.41, 5.74) is 6.00. The lowest BCUT2D eigenvalue weighted by molar-refractivity contribution is 0.101. The molecule has 1 fully saturated rings. The van der Waals surface area contributed by atoms with Crippen molar-refractivity contribution in [1.82, 2.24) is 0 Å². The minimum absolute atomic E-state index is 0.349. The second kappa shape index (κ2) is 8.08. The summed E-state index contributed by atoms with van der Waals surface area (Å²) in [4.78, 5) is 0.